The number of amides is 1. The zero-order chi connectivity index (χ0) is 17.4. The van der Waals surface area contributed by atoms with Crippen molar-refractivity contribution >= 4 is 27.7 Å². The molecule has 1 aliphatic rings. The standard InChI is InChI=1S/C16H21BrF2N2O2/c1-10-12(9-11(18)13(17)14(10)19)20-5-7-21(8-6-20)15(22)23-16(2,3)4/h9H,5-8H2,1-4H3. The van der Waals surface area contributed by atoms with E-state index in [2.05, 4.69) is 15.9 Å². The molecule has 0 radical (unpaired) electrons. The molecule has 0 bridgehead atoms. The van der Waals surface area contributed by atoms with Gasteiger partial charge in [0.05, 0.1) is 4.47 Å². The molecule has 7 heteroatoms. The molecule has 1 aromatic carbocycles. The van der Waals surface area contributed by atoms with Crippen molar-refractivity contribution < 1.29 is 18.3 Å². The zero-order valence-corrected chi connectivity index (χ0v) is 15.3. The van der Waals surface area contributed by atoms with Crippen molar-refractivity contribution in [2.24, 2.45) is 0 Å². The average Bonchev–Trinajstić information content (AvgIpc) is 2.47. The molecule has 1 saturated heterocycles. The first-order valence-electron chi connectivity index (χ1n) is 7.47. The molecule has 1 fully saturated rings. The third kappa shape index (κ3) is 4.13. The molecule has 0 aromatic heterocycles. The maximum absolute atomic E-state index is 14.0. The summed E-state index contributed by atoms with van der Waals surface area (Å²) in [4.78, 5) is 15.5. The van der Waals surface area contributed by atoms with Crippen LogP contribution in [0.1, 0.15) is 26.3 Å². The van der Waals surface area contributed by atoms with Gasteiger partial charge in [-0.25, -0.2) is 13.6 Å². The summed E-state index contributed by atoms with van der Waals surface area (Å²) in [5, 5.41) is 0. The highest BCUT2D eigenvalue weighted by Gasteiger charge is 2.27. The quantitative estimate of drug-likeness (QED) is 0.676. The summed E-state index contributed by atoms with van der Waals surface area (Å²) in [6, 6.07) is 1.33. The van der Waals surface area contributed by atoms with E-state index in [0.717, 1.165) is 0 Å². The van der Waals surface area contributed by atoms with Crippen molar-refractivity contribution in [1.82, 2.24) is 4.90 Å². The van der Waals surface area contributed by atoms with E-state index in [1.54, 1.807) is 11.8 Å². The minimum Gasteiger partial charge on any atom is -0.444 e. The van der Waals surface area contributed by atoms with E-state index in [-0.39, 0.29) is 10.6 Å². The molecule has 4 nitrogen and oxygen atoms in total. The Labute approximate surface area is 143 Å². The molecule has 1 amide bonds. The van der Waals surface area contributed by atoms with Crippen LogP contribution in [0.5, 0.6) is 0 Å². The molecule has 128 valence electrons. The van der Waals surface area contributed by atoms with Gasteiger partial charge in [0, 0.05) is 37.4 Å². The largest absolute Gasteiger partial charge is 0.444 e. The summed E-state index contributed by atoms with van der Waals surface area (Å²) in [5.41, 5.74) is 0.374. The molecule has 23 heavy (non-hydrogen) atoms. The number of ether oxygens (including phenoxy) is 1. The minimum absolute atomic E-state index is 0.147. The molecular weight excluding hydrogens is 370 g/mol. The fraction of sp³-hybridized carbons (Fsp3) is 0.562. The molecule has 0 aliphatic carbocycles. The second-order valence-corrected chi connectivity index (χ2v) is 7.38. The van der Waals surface area contributed by atoms with Crippen LogP contribution in [-0.4, -0.2) is 42.8 Å². The van der Waals surface area contributed by atoms with E-state index in [1.807, 2.05) is 25.7 Å². The van der Waals surface area contributed by atoms with E-state index in [4.69, 9.17) is 4.74 Å². The molecule has 1 heterocycles. The lowest BCUT2D eigenvalue weighted by molar-refractivity contribution is 0.0240. The summed E-state index contributed by atoms with van der Waals surface area (Å²) in [5.74, 6) is -1.22. The van der Waals surface area contributed by atoms with Gasteiger partial charge in [0.1, 0.15) is 17.2 Å². The van der Waals surface area contributed by atoms with E-state index >= 15 is 0 Å². The molecule has 0 spiro atoms. The summed E-state index contributed by atoms with van der Waals surface area (Å²) in [6.45, 7) is 8.98. The lowest BCUT2D eigenvalue weighted by Crippen LogP contribution is -2.50. The Morgan fingerprint density at radius 2 is 1.78 bits per heavy atom. The first-order valence-corrected chi connectivity index (χ1v) is 8.26. The van der Waals surface area contributed by atoms with E-state index in [9.17, 15) is 13.6 Å². The molecule has 0 N–H and O–H groups in total. The van der Waals surface area contributed by atoms with Crippen molar-refractivity contribution in [2.45, 2.75) is 33.3 Å². The van der Waals surface area contributed by atoms with Gasteiger partial charge in [0.25, 0.3) is 0 Å². The van der Waals surface area contributed by atoms with Gasteiger partial charge in [-0.3, -0.25) is 0 Å². The zero-order valence-electron chi connectivity index (χ0n) is 13.8. The Balaban J connectivity index is 2.07. The second-order valence-electron chi connectivity index (χ2n) is 6.58. The van der Waals surface area contributed by atoms with Crippen LogP contribution in [0.25, 0.3) is 0 Å². The Hall–Kier alpha value is -1.37. The highest BCUT2D eigenvalue weighted by molar-refractivity contribution is 9.10. The fourth-order valence-electron chi connectivity index (χ4n) is 2.46. The van der Waals surface area contributed by atoms with E-state index in [1.165, 1.54) is 6.07 Å². The maximum Gasteiger partial charge on any atom is 0.410 e. The SMILES string of the molecule is Cc1c(N2CCN(C(=O)OC(C)(C)C)CC2)cc(F)c(Br)c1F. The van der Waals surface area contributed by atoms with Crippen LogP contribution < -0.4 is 4.90 Å². The normalized spacial score (nSPS) is 15.8. The Kier molecular flexibility index (Phi) is 5.18. The lowest BCUT2D eigenvalue weighted by atomic mass is 10.1. The Bertz CT molecular complexity index is 609. The predicted molar refractivity (Wildman–Crippen MR) is 88.8 cm³/mol. The van der Waals surface area contributed by atoms with Gasteiger partial charge in [-0.1, -0.05) is 0 Å². The van der Waals surface area contributed by atoms with Crippen LogP contribution in [0.2, 0.25) is 0 Å². The highest BCUT2D eigenvalue weighted by atomic mass is 79.9. The smallest absolute Gasteiger partial charge is 0.410 e. The van der Waals surface area contributed by atoms with Crippen molar-refractivity contribution in [1.29, 1.82) is 0 Å². The van der Waals surface area contributed by atoms with Gasteiger partial charge < -0.3 is 14.5 Å². The summed E-state index contributed by atoms with van der Waals surface area (Å²) >= 11 is 2.91. The molecule has 0 unspecified atom stereocenters. The number of carbonyl (C=O) groups excluding carboxylic acids is 1. The summed E-state index contributed by atoms with van der Waals surface area (Å²) in [7, 11) is 0. The number of piperazine rings is 1. The first-order chi connectivity index (χ1) is 10.6. The van der Waals surface area contributed by atoms with Gasteiger partial charge in [0.15, 0.2) is 0 Å². The van der Waals surface area contributed by atoms with Crippen LogP contribution in [0.4, 0.5) is 19.3 Å². The number of anilines is 1. The third-order valence-corrected chi connectivity index (χ3v) is 4.38. The van der Waals surface area contributed by atoms with Crippen molar-refractivity contribution in [3.8, 4) is 0 Å². The number of nitrogens with zero attached hydrogens (tertiary/aromatic N) is 2. The first kappa shape index (κ1) is 18.0. The topological polar surface area (TPSA) is 32.8 Å². The molecule has 2 rings (SSSR count). The number of carbonyl (C=O) groups is 1. The molecule has 1 aliphatic heterocycles. The van der Waals surface area contributed by atoms with Crippen LogP contribution in [0, 0.1) is 18.6 Å². The van der Waals surface area contributed by atoms with Crippen molar-refractivity contribution in [3.63, 3.8) is 0 Å². The molecule has 1 aromatic rings. The van der Waals surface area contributed by atoms with Gasteiger partial charge in [-0.15, -0.1) is 0 Å². The van der Waals surface area contributed by atoms with Crippen molar-refractivity contribution in [2.75, 3.05) is 31.1 Å². The molecule has 0 atom stereocenters. The van der Waals surface area contributed by atoms with Gasteiger partial charge in [-0.05, 0) is 49.7 Å². The summed E-state index contributed by atoms with van der Waals surface area (Å²) < 4.78 is 33.0. The van der Waals surface area contributed by atoms with Crippen LogP contribution in [0.3, 0.4) is 0 Å². The number of benzene rings is 1. The predicted octanol–water partition coefficient (Wildman–Crippen LogP) is 4.09. The monoisotopic (exact) mass is 390 g/mol. The Morgan fingerprint density at radius 1 is 1.22 bits per heavy atom. The maximum atomic E-state index is 14.0. The third-order valence-electron chi connectivity index (χ3n) is 3.65. The highest BCUT2D eigenvalue weighted by Crippen LogP contribution is 2.31. The van der Waals surface area contributed by atoms with Crippen molar-refractivity contribution in [3.05, 3.63) is 27.7 Å². The van der Waals surface area contributed by atoms with Gasteiger partial charge >= 0.3 is 6.09 Å². The number of hydrogen-bond acceptors (Lipinski definition) is 3. The van der Waals surface area contributed by atoms with Crippen LogP contribution >= 0.6 is 15.9 Å². The number of hydrogen-bond donors (Lipinski definition) is 0. The Morgan fingerprint density at radius 3 is 2.30 bits per heavy atom. The number of halogens is 3. The number of rotatable bonds is 1. The van der Waals surface area contributed by atoms with Gasteiger partial charge in [0.2, 0.25) is 0 Å². The average molecular weight is 391 g/mol. The lowest BCUT2D eigenvalue weighted by Gasteiger charge is -2.37. The fourth-order valence-corrected chi connectivity index (χ4v) is 2.87. The van der Waals surface area contributed by atoms with Gasteiger partial charge in [-0.2, -0.15) is 0 Å². The molecule has 0 saturated carbocycles. The molecular formula is C16H21BrF2N2O2. The summed E-state index contributed by atoms with van der Waals surface area (Å²) in [6.07, 6.45) is -0.359. The van der Waals surface area contributed by atoms with E-state index < -0.39 is 17.2 Å². The van der Waals surface area contributed by atoms with E-state index in [0.29, 0.717) is 37.4 Å². The van der Waals surface area contributed by atoms with Crippen LogP contribution in [-0.2, 0) is 4.74 Å². The second kappa shape index (κ2) is 6.63. The van der Waals surface area contributed by atoms with Crippen LogP contribution in [0.15, 0.2) is 10.5 Å². The minimum atomic E-state index is -0.627.